The fraction of sp³-hybridized carbons (Fsp3) is 0.0400. The molecule has 0 atom stereocenters. The Labute approximate surface area is 173 Å². The zero-order chi connectivity index (χ0) is 19.8. The molecule has 4 aromatic rings. The maximum atomic E-state index is 12.6. The van der Waals surface area contributed by atoms with Crippen molar-refractivity contribution in [2.75, 3.05) is 0 Å². The number of thioether (sulfide) groups is 1. The van der Waals surface area contributed by atoms with Crippen LogP contribution in [-0.4, -0.2) is 11.1 Å². The smallest absolute Gasteiger partial charge is 0.264 e. The fourth-order valence-corrected chi connectivity index (χ4v) is 4.38. The van der Waals surface area contributed by atoms with Crippen LogP contribution < -0.4 is 5.32 Å². The molecule has 0 saturated carbocycles. The summed E-state index contributed by atoms with van der Waals surface area (Å²) in [5.74, 6) is -0.113. The molecule has 0 aliphatic carbocycles. The molecule has 29 heavy (non-hydrogen) atoms. The minimum Gasteiger partial charge on any atom is -0.300 e. The van der Waals surface area contributed by atoms with E-state index in [4.69, 9.17) is 0 Å². The van der Waals surface area contributed by atoms with Gasteiger partial charge in [-0.05, 0) is 70.1 Å². The summed E-state index contributed by atoms with van der Waals surface area (Å²) in [7, 11) is 0. The van der Waals surface area contributed by atoms with Gasteiger partial charge in [0.1, 0.15) is 0 Å². The number of amidine groups is 1. The van der Waals surface area contributed by atoms with Crippen LogP contribution in [0.5, 0.6) is 0 Å². The lowest BCUT2D eigenvalue weighted by molar-refractivity contribution is -0.115. The van der Waals surface area contributed by atoms with E-state index in [1.807, 2.05) is 61.5 Å². The van der Waals surface area contributed by atoms with Crippen molar-refractivity contribution in [1.29, 1.82) is 0 Å². The molecule has 140 valence electrons. The van der Waals surface area contributed by atoms with Gasteiger partial charge in [0.25, 0.3) is 5.91 Å². The lowest BCUT2D eigenvalue weighted by Gasteiger charge is -2.08. The van der Waals surface area contributed by atoms with Crippen LogP contribution in [0.15, 0.2) is 88.8 Å². The third-order valence-electron chi connectivity index (χ3n) is 5.00. The van der Waals surface area contributed by atoms with E-state index in [-0.39, 0.29) is 5.91 Å². The molecule has 0 bridgehead atoms. The summed E-state index contributed by atoms with van der Waals surface area (Å²) < 4.78 is 0. The Bertz CT molecular complexity index is 1270. The number of amides is 1. The zero-order valence-electron chi connectivity index (χ0n) is 15.8. The van der Waals surface area contributed by atoms with Gasteiger partial charge in [-0.1, -0.05) is 66.2 Å². The van der Waals surface area contributed by atoms with Gasteiger partial charge in [0.05, 0.1) is 10.6 Å². The van der Waals surface area contributed by atoms with Gasteiger partial charge in [-0.15, -0.1) is 0 Å². The van der Waals surface area contributed by atoms with Crippen LogP contribution in [-0.2, 0) is 4.79 Å². The molecule has 1 aliphatic heterocycles. The van der Waals surface area contributed by atoms with Crippen molar-refractivity contribution in [3.8, 4) is 0 Å². The van der Waals surface area contributed by atoms with E-state index < -0.39 is 0 Å². The van der Waals surface area contributed by atoms with Crippen LogP contribution in [0.4, 0.5) is 5.69 Å². The highest BCUT2D eigenvalue weighted by atomic mass is 32.2. The summed E-state index contributed by atoms with van der Waals surface area (Å²) in [4.78, 5) is 17.8. The average Bonchev–Trinajstić information content (AvgIpc) is 3.08. The fourth-order valence-electron chi connectivity index (χ4n) is 3.55. The molecule has 1 fully saturated rings. The predicted octanol–water partition coefficient (Wildman–Crippen LogP) is 6.19. The molecule has 5 rings (SSSR count). The third kappa shape index (κ3) is 3.43. The molecule has 1 saturated heterocycles. The number of benzene rings is 4. The standard InChI is InChI=1S/C25H18N2OS/c1-16-10-12-19(13-11-16)26-25-27-24(28)23(29-25)15-22-20-8-4-2-6-17(20)14-18-7-3-5-9-21(18)22/h2-15H,1H3,(H,26,27,28)/b23-15-. The van der Waals surface area contributed by atoms with Crippen LogP contribution in [0, 0.1) is 6.92 Å². The number of hydrogen-bond donors (Lipinski definition) is 1. The molecular weight excluding hydrogens is 376 g/mol. The Balaban J connectivity index is 1.60. The van der Waals surface area contributed by atoms with Crippen molar-refractivity contribution >= 4 is 56.1 Å². The first kappa shape index (κ1) is 17.7. The molecule has 3 nitrogen and oxygen atoms in total. The Kier molecular flexibility index (Phi) is 4.41. The molecule has 1 amide bonds. The van der Waals surface area contributed by atoms with Crippen molar-refractivity contribution in [2.45, 2.75) is 6.92 Å². The maximum Gasteiger partial charge on any atom is 0.264 e. The van der Waals surface area contributed by atoms with Crippen LogP contribution >= 0.6 is 11.8 Å². The third-order valence-corrected chi connectivity index (χ3v) is 5.91. The topological polar surface area (TPSA) is 41.5 Å². The minimum atomic E-state index is -0.113. The van der Waals surface area contributed by atoms with E-state index in [0.717, 1.165) is 32.8 Å². The Morgan fingerprint density at radius 2 is 1.48 bits per heavy atom. The lowest BCUT2D eigenvalue weighted by atomic mass is 9.96. The van der Waals surface area contributed by atoms with Gasteiger partial charge >= 0.3 is 0 Å². The number of fused-ring (bicyclic) bond motifs is 2. The van der Waals surface area contributed by atoms with Gasteiger partial charge in [0.15, 0.2) is 5.17 Å². The summed E-state index contributed by atoms with van der Waals surface area (Å²) in [6.07, 6.45) is 1.99. The van der Waals surface area contributed by atoms with Gasteiger partial charge < -0.3 is 5.32 Å². The Morgan fingerprint density at radius 3 is 2.14 bits per heavy atom. The number of carbonyl (C=O) groups excluding carboxylic acids is 1. The van der Waals surface area contributed by atoms with Gasteiger partial charge in [0, 0.05) is 0 Å². The molecule has 4 aromatic carbocycles. The van der Waals surface area contributed by atoms with Crippen molar-refractivity contribution < 1.29 is 4.79 Å². The first-order valence-electron chi connectivity index (χ1n) is 9.44. The minimum absolute atomic E-state index is 0.113. The quantitative estimate of drug-likeness (QED) is 0.325. The highest BCUT2D eigenvalue weighted by molar-refractivity contribution is 8.18. The predicted molar refractivity (Wildman–Crippen MR) is 123 cm³/mol. The van der Waals surface area contributed by atoms with Crippen molar-refractivity contribution in [3.05, 3.63) is 94.9 Å². The molecule has 0 radical (unpaired) electrons. The number of aryl methyl sites for hydroxylation is 1. The van der Waals surface area contributed by atoms with Crippen molar-refractivity contribution in [1.82, 2.24) is 5.32 Å². The number of rotatable bonds is 2. The summed E-state index contributed by atoms with van der Waals surface area (Å²) in [5, 5.41) is 8.09. The van der Waals surface area contributed by atoms with E-state index in [9.17, 15) is 4.79 Å². The molecule has 0 unspecified atom stereocenters. The summed E-state index contributed by atoms with van der Waals surface area (Å²) in [6.45, 7) is 2.04. The van der Waals surface area contributed by atoms with Crippen molar-refractivity contribution in [3.63, 3.8) is 0 Å². The lowest BCUT2D eigenvalue weighted by Crippen LogP contribution is -2.19. The number of aliphatic imine (C=N–C) groups is 1. The van der Waals surface area contributed by atoms with Crippen molar-refractivity contribution in [2.24, 2.45) is 4.99 Å². The molecule has 1 aliphatic rings. The summed E-state index contributed by atoms with van der Waals surface area (Å²) >= 11 is 1.38. The van der Waals surface area contributed by atoms with Crippen LogP contribution in [0.2, 0.25) is 0 Å². The number of hydrogen-bond acceptors (Lipinski definition) is 3. The highest BCUT2D eigenvalue weighted by Gasteiger charge is 2.24. The van der Waals surface area contributed by atoms with Gasteiger partial charge in [-0.25, -0.2) is 4.99 Å². The molecule has 0 aromatic heterocycles. The van der Waals surface area contributed by atoms with E-state index in [1.54, 1.807) is 0 Å². The first-order chi connectivity index (χ1) is 14.2. The average molecular weight is 394 g/mol. The highest BCUT2D eigenvalue weighted by Crippen LogP contribution is 2.34. The van der Waals surface area contributed by atoms with E-state index in [1.165, 1.54) is 17.3 Å². The Hall–Kier alpha value is -3.37. The van der Waals surface area contributed by atoms with E-state index in [0.29, 0.717) is 10.1 Å². The second kappa shape index (κ2) is 7.22. The van der Waals surface area contributed by atoms with E-state index in [2.05, 4.69) is 40.6 Å². The SMILES string of the molecule is Cc1ccc(N=C2NC(=O)/C(=C/c3c4ccccc4cc4ccccc34)S2)cc1. The van der Waals surface area contributed by atoms with Crippen LogP contribution in [0.1, 0.15) is 11.1 Å². The second-order valence-electron chi connectivity index (χ2n) is 7.05. The van der Waals surface area contributed by atoms with Gasteiger partial charge in [0.2, 0.25) is 0 Å². The van der Waals surface area contributed by atoms with Crippen LogP contribution in [0.25, 0.3) is 27.6 Å². The summed E-state index contributed by atoms with van der Waals surface area (Å²) in [5.41, 5.74) is 3.07. The molecule has 4 heteroatoms. The largest absolute Gasteiger partial charge is 0.300 e. The first-order valence-corrected chi connectivity index (χ1v) is 10.3. The van der Waals surface area contributed by atoms with Crippen LogP contribution in [0.3, 0.4) is 0 Å². The molecular formula is C25H18N2OS. The number of nitrogens with zero attached hydrogens (tertiary/aromatic N) is 1. The zero-order valence-corrected chi connectivity index (χ0v) is 16.7. The molecule has 1 heterocycles. The number of carbonyl (C=O) groups is 1. The monoisotopic (exact) mass is 394 g/mol. The van der Waals surface area contributed by atoms with Gasteiger partial charge in [-0.2, -0.15) is 0 Å². The molecule has 1 N–H and O–H groups in total. The Morgan fingerprint density at radius 1 is 0.862 bits per heavy atom. The second-order valence-corrected chi connectivity index (χ2v) is 8.08. The number of nitrogens with one attached hydrogen (secondary N) is 1. The summed E-state index contributed by atoms with van der Waals surface area (Å²) in [6, 6.07) is 26.7. The molecule has 0 spiro atoms. The normalized spacial score (nSPS) is 16.8. The maximum absolute atomic E-state index is 12.6. The van der Waals surface area contributed by atoms with E-state index >= 15 is 0 Å². The van der Waals surface area contributed by atoms with Gasteiger partial charge in [-0.3, -0.25) is 4.79 Å².